The predicted molar refractivity (Wildman–Crippen MR) is 41.9 cm³/mol. The third kappa shape index (κ3) is 1.89. The van der Waals surface area contributed by atoms with Gasteiger partial charge in [0.15, 0.2) is 0 Å². The first kappa shape index (κ1) is 8.46. The van der Waals surface area contributed by atoms with Crippen LogP contribution in [0.2, 0.25) is 0 Å². The number of rotatable bonds is 1. The first-order valence-electron chi connectivity index (χ1n) is 3.66. The van der Waals surface area contributed by atoms with Crippen molar-refractivity contribution in [2.24, 2.45) is 5.92 Å². The highest BCUT2D eigenvalue weighted by atomic mass is 32.2. The van der Waals surface area contributed by atoms with Gasteiger partial charge in [0.05, 0.1) is 10.8 Å². The van der Waals surface area contributed by atoms with Crippen LogP contribution in [0.5, 0.6) is 0 Å². The summed E-state index contributed by atoms with van der Waals surface area (Å²) in [5.41, 5.74) is 0. The van der Waals surface area contributed by atoms with E-state index in [1.54, 1.807) is 0 Å². The molecule has 11 heavy (non-hydrogen) atoms. The molecule has 0 saturated heterocycles. The maximum Gasteiger partial charge on any atom is 0.213 e. The zero-order chi connectivity index (χ0) is 8.27. The van der Waals surface area contributed by atoms with Gasteiger partial charge in [0, 0.05) is 0 Å². The summed E-state index contributed by atoms with van der Waals surface area (Å²) in [5.74, 6) is -0.331. The Morgan fingerprint density at radius 3 is 2.55 bits per heavy atom. The maximum atomic E-state index is 10.5. The highest BCUT2D eigenvalue weighted by Crippen LogP contribution is 2.18. The molecular formula is C7H10O3S. The number of aldehydes is 1. The van der Waals surface area contributed by atoms with Crippen LogP contribution in [0.1, 0.15) is 25.7 Å². The highest BCUT2D eigenvalue weighted by Gasteiger charge is 2.20. The van der Waals surface area contributed by atoms with Gasteiger partial charge in [0.1, 0.15) is 6.29 Å². The van der Waals surface area contributed by atoms with Crippen molar-refractivity contribution in [3.63, 3.8) is 0 Å². The van der Waals surface area contributed by atoms with Gasteiger partial charge in [-0.05, 0) is 19.3 Å². The van der Waals surface area contributed by atoms with E-state index in [2.05, 4.69) is 0 Å². The Hall–Kier alpha value is -0.640. The first-order valence-corrected chi connectivity index (χ1v) is 4.73. The normalized spacial score (nSPS) is 24.7. The van der Waals surface area contributed by atoms with Crippen LogP contribution in [0.3, 0.4) is 0 Å². The van der Waals surface area contributed by atoms with Crippen LogP contribution in [-0.2, 0) is 15.1 Å². The molecule has 4 heteroatoms. The summed E-state index contributed by atoms with van der Waals surface area (Å²) in [5, 5.41) is 0. The average molecular weight is 174 g/mol. The second-order valence-corrected chi connectivity index (χ2v) is 3.68. The van der Waals surface area contributed by atoms with Gasteiger partial charge in [-0.15, -0.1) is 0 Å². The van der Waals surface area contributed by atoms with Crippen LogP contribution in [0.25, 0.3) is 0 Å². The number of hydrogen-bond acceptors (Lipinski definition) is 3. The summed E-state index contributed by atoms with van der Waals surface area (Å²) >= 11 is 0. The highest BCUT2D eigenvalue weighted by molar-refractivity contribution is 7.73. The van der Waals surface area contributed by atoms with E-state index in [1.807, 2.05) is 0 Å². The van der Waals surface area contributed by atoms with Crippen molar-refractivity contribution in [3.8, 4) is 0 Å². The largest absolute Gasteiger partial charge is 0.303 e. The molecule has 1 saturated carbocycles. The zero-order valence-corrected chi connectivity index (χ0v) is 6.93. The van der Waals surface area contributed by atoms with Gasteiger partial charge in [-0.3, -0.25) is 0 Å². The first-order chi connectivity index (χ1) is 5.25. The van der Waals surface area contributed by atoms with Gasteiger partial charge in [-0.2, -0.15) is 8.42 Å². The van der Waals surface area contributed by atoms with Crippen molar-refractivity contribution in [1.82, 2.24) is 0 Å². The summed E-state index contributed by atoms with van der Waals surface area (Å²) in [6, 6.07) is 0. The molecule has 1 atom stereocenters. The van der Waals surface area contributed by atoms with E-state index in [-0.39, 0.29) is 5.92 Å². The molecule has 0 aliphatic heterocycles. The van der Waals surface area contributed by atoms with Crippen LogP contribution in [0.15, 0.2) is 0 Å². The van der Waals surface area contributed by atoms with E-state index in [1.165, 1.54) is 0 Å². The lowest BCUT2D eigenvalue weighted by molar-refractivity contribution is -0.109. The fourth-order valence-electron chi connectivity index (χ4n) is 1.36. The Morgan fingerprint density at radius 1 is 1.36 bits per heavy atom. The fourth-order valence-corrected chi connectivity index (χ4v) is 2.09. The van der Waals surface area contributed by atoms with E-state index >= 15 is 0 Å². The zero-order valence-electron chi connectivity index (χ0n) is 6.12. The molecule has 1 unspecified atom stereocenters. The summed E-state index contributed by atoms with van der Waals surface area (Å²) in [4.78, 5) is 10.8. The Labute approximate surface area is 66.9 Å². The third-order valence-electron chi connectivity index (χ3n) is 1.98. The van der Waals surface area contributed by atoms with Gasteiger partial charge in [0.2, 0.25) is 10.3 Å². The van der Waals surface area contributed by atoms with E-state index in [0.29, 0.717) is 17.7 Å². The van der Waals surface area contributed by atoms with Gasteiger partial charge < -0.3 is 4.79 Å². The summed E-state index contributed by atoms with van der Waals surface area (Å²) in [6.45, 7) is 0. The topological polar surface area (TPSA) is 51.2 Å². The second kappa shape index (κ2) is 3.67. The smallest absolute Gasteiger partial charge is 0.213 e. The van der Waals surface area contributed by atoms with Gasteiger partial charge in [-0.1, -0.05) is 6.42 Å². The Bertz CT molecular complexity index is 268. The SMILES string of the molecule is O=CC1CCCCC1=S(=O)=O. The Kier molecular flexibility index (Phi) is 2.82. The van der Waals surface area contributed by atoms with E-state index in [9.17, 15) is 13.2 Å². The van der Waals surface area contributed by atoms with Crippen LogP contribution in [0.4, 0.5) is 0 Å². The predicted octanol–water partition coefficient (Wildman–Crippen LogP) is 0.427. The fraction of sp³-hybridized carbons (Fsp3) is 0.714. The Balaban J connectivity index is 2.92. The minimum Gasteiger partial charge on any atom is -0.303 e. The van der Waals surface area contributed by atoms with Crippen molar-refractivity contribution >= 4 is 21.4 Å². The minimum absolute atomic E-state index is 0.331. The molecule has 0 amide bonds. The molecule has 0 N–H and O–H groups in total. The standard InChI is InChI=1S/C7H10O3S/c8-5-6-3-1-2-4-7(6)11(9)10/h5-6H,1-4H2. The van der Waals surface area contributed by atoms with E-state index in [0.717, 1.165) is 19.1 Å². The molecule has 62 valence electrons. The van der Waals surface area contributed by atoms with Crippen molar-refractivity contribution < 1.29 is 13.2 Å². The monoisotopic (exact) mass is 174 g/mol. The number of carbonyl (C=O) groups is 1. The van der Waals surface area contributed by atoms with Crippen molar-refractivity contribution in [3.05, 3.63) is 0 Å². The lowest BCUT2D eigenvalue weighted by atomic mass is 9.90. The average Bonchev–Trinajstić information content (AvgIpc) is 2.04. The van der Waals surface area contributed by atoms with Crippen LogP contribution in [-0.4, -0.2) is 19.6 Å². The minimum atomic E-state index is -2.15. The second-order valence-electron chi connectivity index (χ2n) is 2.69. The molecule has 0 heterocycles. The molecule has 0 spiro atoms. The number of carbonyl (C=O) groups excluding carboxylic acids is 1. The molecule has 0 aromatic heterocycles. The van der Waals surface area contributed by atoms with Gasteiger partial charge in [-0.25, -0.2) is 0 Å². The molecule has 0 aromatic carbocycles. The number of hydrogen-bond donors (Lipinski definition) is 0. The molecule has 1 aliphatic carbocycles. The lowest BCUT2D eigenvalue weighted by Gasteiger charge is -2.15. The molecule has 1 fully saturated rings. The maximum absolute atomic E-state index is 10.5. The Morgan fingerprint density at radius 2 is 2.09 bits per heavy atom. The van der Waals surface area contributed by atoms with Crippen LogP contribution >= 0.6 is 0 Å². The molecule has 0 bridgehead atoms. The summed E-state index contributed by atoms with van der Waals surface area (Å²) in [7, 11) is -2.15. The molecule has 1 rings (SSSR count). The summed E-state index contributed by atoms with van der Waals surface area (Å²) in [6.07, 6.45) is 3.87. The summed E-state index contributed by atoms with van der Waals surface area (Å²) < 4.78 is 21.1. The van der Waals surface area contributed by atoms with Gasteiger partial charge in [0.25, 0.3) is 0 Å². The van der Waals surface area contributed by atoms with Crippen molar-refractivity contribution in [1.29, 1.82) is 0 Å². The van der Waals surface area contributed by atoms with Gasteiger partial charge >= 0.3 is 0 Å². The molecule has 0 radical (unpaired) electrons. The van der Waals surface area contributed by atoms with E-state index in [4.69, 9.17) is 0 Å². The van der Waals surface area contributed by atoms with Crippen LogP contribution < -0.4 is 0 Å². The molecule has 0 aromatic rings. The van der Waals surface area contributed by atoms with Crippen molar-refractivity contribution in [2.75, 3.05) is 0 Å². The quantitative estimate of drug-likeness (QED) is 0.428. The van der Waals surface area contributed by atoms with Crippen LogP contribution in [0, 0.1) is 5.92 Å². The van der Waals surface area contributed by atoms with E-state index < -0.39 is 10.3 Å². The molecule has 1 aliphatic rings. The third-order valence-corrected chi connectivity index (χ3v) is 2.92. The molecule has 3 nitrogen and oxygen atoms in total. The molecular weight excluding hydrogens is 164 g/mol. The lowest BCUT2D eigenvalue weighted by Crippen LogP contribution is -2.21. The van der Waals surface area contributed by atoms with Crippen molar-refractivity contribution in [2.45, 2.75) is 25.7 Å².